The van der Waals surface area contributed by atoms with E-state index in [1.807, 2.05) is 18.5 Å². The summed E-state index contributed by atoms with van der Waals surface area (Å²) < 4.78 is 0. The van der Waals surface area contributed by atoms with Crippen molar-refractivity contribution < 1.29 is 0 Å². The smallest absolute Gasteiger partial charge is 0.0442 e. The number of nitrogens with zero attached hydrogens (tertiary/aromatic N) is 2. The number of nitrogens with two attached hydrogens (primary N) is 1. The van der Waals surface area contributed by atoms with Crippen molar-refractivity contribution in [3.63, 3.8) is 0 Å². The number of hydrogen-bond donors (Lipinski definition) is 1. The Morgan fingerprint density at radius 3 is 2.87 bits per heavy atom. The molecule has 0 aromatic carbocycles. The fourth-order valence-electron chi connectivity index (χ4n) is 1.77. The lowest BCUT2D eigenvalue weighted by atomic mass is 10.1. The van der Waals surface area contributed by atoms with Gasteiger partial charge in [0, 0.05) is 43.3 Å². The molecule has 3 nitrogen and oxygen atoms in total. The van der Waals surface area contributed by atoms with Gasteiger partial charge in [0.1, 0.15) is 0 Å². The molecule has 0 radical (unpaired) electrons. The van der Waals surface area contributed by atoms with Crippen LogP contribution in [0.15, 0.2) is 18.5 Å². The normalized spacial score (nSPS) is 12.5. The average molecular weight is 207 g/mol. The summed E-state index contributed by atoms with van der Waals surface area (Å²) in [5.74, 6) is 0. The second-order valence-electron chi connectivity index (χ2n) is 3.96. The van der Waals surface area contributed by atoms with Crippen molar-refractivity contribution in [2.75, 3.05) is 11.9 Å². The van der Waals surface area contributed by atoms with Gasteiger partial charge in [-0.2, -0.15) is 0 Å². The van der Waals surface area contributed by atoms with Crippen LogP contribution in [0, 0.1) is 0 Å². The molecule has 1 heterocycles. The van der Waals surface area contributed by atoms with E-state index in [1.54, 1.807) is 0 Å². The van der Waals surface area contributed by atoms with Gasteiger partial charge in [-0.15, -0.1) is 0 Å². The molecule has 0 aliphatic carbocycles. The Morgan fingerprint density at radius 2 is 2.27 bits per heavy atom. The van der Waals surface area contributed by atoms with E-state index in [2.05, 4.69) is 30.8 Å². The van der Waals surface area contributed by atoms with E-state index in [4.69, 9.17) is 5.73 Å². The van der Waals surface area contributed by atoms with Crippen molar-refractivity contribution in [2.45, 2.75) is 39.3 Å². The molecule has 0 fully saturated rings. The molecule has 0 saturated carbocycles. The van der Waals surface area contributed by atoms with Crippen LogP contribution < -0.4 is 10.6 Å². The lowest BCUT2D eigenvalue weighted by Gasteiger charge is -2.28. The van der Waals surface area contributed by atoms with Gasteiger partial charge in [0.15, 0.2) is 0 Å². The fourth-order valence-corrected chi connectivity index (χ4v) is 1.77. The van der Waals surface area contributed by atoms with E-state index < -0.39 is 0 Å². The summed E-state index contributed by atoms with van der Waals surface area (Å²) in [4.78, 5) is 6.38. The highest BCUT2D eigenvalue weighted by atomic mass is 15.1. The molecule has 0 saturated heterocycles. The highest BCUT2D eigenvalue weighted by Gasteiger charge is 2.11. The van der Waals surface area contributed by atoms with E-state index in [0.29, 0.717) is 12.6 Å². The zero-order valence-electron chi connectivity index (χ0n) is 9.90. The third kappa shape index (κ3) is 2.93. The lowest BCUT2D eigenvalue weighted by molar-refractivity contribution is 0.614. The minimum atomic E-state index is 0.544. The summed E-state index contributed by atoms with van der Waals surface area (Å²) in [7, 11) is 2.12. The van der Waals surface area contributed by atoms with Gasteiger partial charge in [-0.3, -0.25) is 4.98 Å². The van der Waals surface area contributed by atoms with E-state index in [-0.39, 0.29) is 0 Å². The molecule has 0 aliphatic heterocycles. The second kappa shape index (κ2) is 5.71. The quantitative estimate of drug-likeness (QED) is 0.804. The molecule has 0 aliphatic rings. The third-order valence-electron chi connectivity index (χ3n) is 2.85. The molecule has 0 spiro atoms. The Balaban J connectivity index is 2.84. The van der Waals surface area contributed by atoms with Crippen LogP contribution in [0.1, 0.15) is 32.3 Å². The SMILES string of the molecule is CCCC(C)N(C)c1ccncc1CN. The Bertz CT molecular complexity index is 299. The number of pyridine rings is 1. The summed E-state index contributed by atoms with van der Waals surface area (Å²) in [5, 5.41) is 0. The minimum absolute atomic E-state index is 0.544. The zero-order chi connectivity index (χ0) is 11.3. The van der Waals surface area contributed by atoms with Crippen LogP contribution in [-0.4, -0.2) is 18.1 Å². The van der Waals surface area contributed by atoms with Gasteiger partial charge in [0.05, 0.1) is 0 Å². The van der Waals surface area contributed by atoms with Gasteiger partial charge in [-0.05, 0) is 19.4 Å². The predicted octanol–water partition coefficient (Wildman–Crippen LogP) is 2.17. The topological polar surface area (TPSA) is 42.2 Å². The third-order valence-corrected chi connectivity index (χ3v) is 2.85. The number of hydrogen-bond acceptors (Lipinski definition) is 3. The molecule has 0 amide bonds. The summed E-state index contributed by atoms with van der Waals surface area (Å²) in [6, 6.07) is 2.58. The van der Waals surface area contributed by atoms with Crippen LogP contribution in [0.25, 0.3) is 0 Å². The van der Waals surface area contributed by atoms with Crippen LogP contribution in [-0.2, 0) is 6.54 Å². The van der Waals surface area contributed by atoms with Gasteiger partial charge in [-0.1, -0.05) is 13.3 Å². The highest BCUT2D eigenvalue weighted by molar-refractivity contribution is 5.52. The molecule has 1 atom stereocenters. The molecule has 1 aromatic rings. The Labute approximate surface area is 92.3 Å². The van der Waals surface area contributed by atoms with Gasteiger partial charge in [-0.25, -0.2) is 0 Å². The van der Waals surface area contributed by atoms with Crippen LogP contribution >= 0.6 is 0 Å². The predicted molar refractivity (Wildman–Crippen MR) is 64.9 cm³/mol. The van der Waals surface area contributed by atoms with E-state index in [9.17, 15) is 0 Å². The minimum Gasteiger partial charge on any atom is -0.372 e. The molecule has 1 aromatic heterocycles. The zero-order valence-corrected chi connectivity index (χ0v) is 9.90. The summed E-state index contributed by atoms with van der Waals surface area (Å²) in [6.07, 6.45) is 6.07. The Hall–Kier alpha value is -1.09. The van der Waals surface area contributed by atoms with Gasteiger partial charge in [0.2, 0.25) is 0 Å². The average Bonchev–Trinajstić information content (AvgIpc) is 2.28. The summed E-state index contributed by atoms with van der Waals surface area (Å²) >= 11 is 0. The molecular weight excluding hydrogens is 186 g/mol. The van der Waals surface area contributed by atoms with Crippen molar-refractivity contribution in [3.05, 3.63) is 24.0 Å². The number of rotatable bonds is 5. The van der Waals surface area contributed by atoms with E-state index >= 15 is 0 Å². The maximum absolute atomic E-state index is 5.70. The van der Waals surface area contributed by atoms with Crippen molar-refractivity contribution in [3.8, 4) is 0 Å². The summed E-state index contributed by atoms with van der Waals surface area (Å²) in [6.45, 7) is 5.00. The van der Waals surface area contributed by atoms with Gasteiger partial charge >= 0.3 is 0 Å². The van der Waals surface area contributed by atoms with Crippen molar-refractivity contribution >= 4 is 5.69 Å². The first-order valence-electron chi connectivity index (χ1n) is 5.56. The molecule has 2 N–H and O–H groups in total. The van der Waals surface area contributed by atoms with Crippen molar-refractivity contribution in [2.24, 2.45) is 5.73 Å². The first-order chi connectivity index (χ1) is 7.20. The largest absolute Gasteiger partial charge is 0.372 e. The van der Waals surface area contributed by atoms with Crippen LogP contribution in [0.2, 0.25) is 0 Å². The van der Waals surface area contributed by atoms with E-state index in [1.165, 1.54) is 18.5 Å². The molecule has 3 heteroatoms. The highest BCUT2D eigenvalue weighted by Crippen LogP contribution is 2.20. The first kappa shape index (κ1) is 12.0. The summed E-state index contributed by atoms with van der Waals surface area (Å²) in [5.41, 5.74) is 8.01. The fraction of sp³-hybridized carbons (Fsp3) is 0.583. The molecule has 15 heavy (non-hydrogen) atoms. The Kier molecular flexibility index (Phi) is 4.56. The first-order valence-corrected chi connectivity index (χ1v) is 5.56. The molecule has 1 unspecified atom stereocenters. The molecular formula is C12H21N3. The monoisotopic (exact) mass is 207 g/mol. The van der Waals surface area contributed by atoms with Crippen LogP contribution in [0.3, 0.4) is 0 Å². The van der Waals surface area contributed by atoms with Crippen LogP contribution in [0.4, 0.5) is 5.69 Å². The van der Waals surface area contributed by atoms with Crippen molar-refractivity contribution in [1.82, 2.24) is 4.98 Å². The van der Waals surface area contributed by atoms with Gasteiger partial charge in [0.25, 0.3) is 0 Å². The number of aromatic nitrogens is 1. The lowest BCUT2D eigenvalue weighted by Crippen LogP contribution is -2.29. The molecule has 0 bridgehead atoms. The molecule has 1 rings (SSSR count). The standard InChI is InChI=1S/C12H21N3/c1-4-5-10(2)15(3)12-6-7-14-9-11(12)8-13/h6-7,9-10H,4-5,8,13H2,1-3H3. The van der Waals surface area contributed by atoms with Crippen LogP contribution in [0.5, 0.6) is 0 Å². The maximum atomic E-state index is 5.70. The Morgan fingerprint density at radius 1 is 1.53 bits per heavy atom. The van der Waals surface area contributed by atoms with E-state index in [0.717, 1.165) is 5.56 Å². The van der Waals surface area contributed by atoms with Gasteiger partial charge < -0.3 is 10.6 Å². The second-order valence-corrected chi connectivity index (χ2v) is 3.96. The number of anilines is 1. The molecule has 84 valence electrons. The maximum Gasteiger partial charge on any atom is 0.0442 e. The van der Waals surface area contributed by atoms with Crippen molar-refractivity contribution in [1.29, 1.82) is 0 Å².